The number of likely N-dealkylation sites (tertiary alicyclic amines) is 1. The molecule has 0 amide bonds. The van der Waals surface area contributed by atoms with Gasteiger partial charge in [0.25, 0.3) is 0 Å². The van der Waals surface area contributed by atoms with Gasteiger partial charge in [-0.2, -0.15) is 0 Å². The lowest BCUT2D eigenvalue weighted by atomic mass is 9.98. The summed E-state index contributed by atoms with van der Waals surface area (Å²) in [6, 6.07) is 1.22. The highest BCUT2D eigenvalue weighted by Gasteiger charge is 2.26. The van der Waals surface area contributed by atoms with E-state index in [1.807, 2.05) is 11.3 Å². The Kier molecular flexibility index (Phi) is 4.29. The minimum absolute atomic E-state index is 0.521. The van der Waals surface area contributed by atoms with Crippen molar-refractivity contribution in [3.8, 4) is 0 Å². The van der Waals surface area contributed by atoms with E-state index < -0.39 is 0 Å². The lowest BCUT2D eigenvalue weighted by molar-refractivity contribution is 0.314. The van der Waals surface area contributed by atoms with Crippen LogP contribution in [0.4, 0.5) is 5.13 Å². The maximum absolute atomic E-state index is 4.90. The van der Waals surface area contributed by atoms with Crippen molar-refractivity contribution in [1.29, 1.82) is 0 Å². The van der Waals surface area contributed by atoms with E-state index in [4.69, 9.17) is 4.98 Å². The van der Waals surface area contributed by atoms with Crippen molar-refractivity contribution in [1.82, 2.24) is 15.2 Å². The van der Waals surface area contributed by atoms with E-state index in [0.29, 0.717) is 12.1 Å². The topological polar surface area (TPSA) is 31.4 Å². The summed E-state index contributed by atoms with van der Waals surface area (Å²) in [7, 11) is 6.51. The highest BCUT2D eigenvalue weighted by atomic mass is 32.1. The minimum Gasteiger partial charge on any atom is -0.350 e. The van der Waals surface area contributed by atoms with Gasteiger partial charge in [0.05, 0.1) is 5.69 Å². The van der Waals surface area contributed by atoms with Crippen molar-refractivity contribution >= 4 is 16.5 Å². The summed E-state index contributed by atoms with van der Waals surface area (Å²) < 4.78 is 0. The molecular formula is C15H26N4S. The van der Waals surface area contributed by atoms with Crippen LogP contribution in [-0.2, 0) is 6.42 Å². The number of aromatic nitrogens is 1. The lowest BCUT2D eigenvalue weighted by Gasteiger charge is -2.25. The first-order valence-corrected chi connectivity index (χ1v) is 8.59. The summed E-state index contributed by atoms with van der Waals surface area (Å²) in [5, 5.41) is 4.64. The lowest BCUT2D eigenvalue weighted by Crippen LogP contribution is -2.36. The Labute approximate surface area is 126 Å². The zero-order valence-corrected chi connectivity index (χ0v) is 13.7. The van der Waals surface area contributed by atoms with Crippen LogP contribution in [0.3, 0.4) is 0 Å². The highest BCUT2D eigenvalue weighted by molar-refractivity contribution is 7.15. The van der Waals surface area contributed by atoms with Crippen LogP contribution >= 0.6 is 11.3 Å². The van der Waals surface area contributed by atoms with Crippen molar-refractivity contribution in [3.63, 3.8) is 0 Å². The Hall–Kier alpha value is -0.650. The zero-order chi connectivity index (χ0) is 14.1. The molecule has 0 bridgehead atoms. The Morgan fingerprint density at radius 1 is 1.40 bits per heavy atom. The Balaban J connectivity index is 1.72. The summed E-state index contributed by atoms with van der Waals surface area (Å²) in [6.45, 7) is 2.35. The van der Waals surface area contributed by atoms with Crippen LogP contribution in [0, 0.1) is 0 Å². The van der Waals surface area contributed by atoms with Gasteiger partial charge in [-0.25, -0.2) is 4.98 Å². The quantitative estimate of drug-likeness (QED) is 0.923. The van der Waals surface area contributed by atoms with Crippen LogP contribution in [-0.4, -0.2) is 50.2 Å². The summed E-state index contributed by atoms with van der Waals surface area (Å²) in [4.78, 5) is 11.2. The van der Waals surface area contributed by atoms with Crippen LogP contribution in [0.5, 0.6) is 0 Å². The standard InChI is InChI=1S/C15H26N4S/c1-16-12-7-4-8-13-14(12)20-15(17-13)19(3)10-11-6-5-9-18(11)2/h11-12,16H,4-10H2,1-3H3. The third-order valence-corrected chi connectivity index (χ3v) is 6.10. The number of hydrogen-bond acceptors (Lipinski definition) is 5. The smallest absolute Gasteiger partial charge is 0.185 e. The van der Waals surface area contributed by atoms with Crippen LogP contribution < -0.4 is 10.2 Å². The van der Waals surface area contributed by atoms with E-state index >= 15 is 0 Å². The molecular weight excluding hydrogens is 268 g/mol. The third-order valence-electron chi connectivity index (χ3n) is 4.77. The molecule has 1 aliphatic heterocycles. The number of likely N-dealkylation sites (N-methyl/N-ethyl adjacent to an activating group) is 2. The van der Waals surface area contributed by atoms with Gasteiger partial charge >= 0.3 is 0 Å². The normalized spacial score (nSPS) is 26.8. The maximum Gasteiger partial charge on any atom is 0.185 e. The number of hydrogen-bond donors (Lipinski definition) is 1. The van der Waals surface area contributed by atoms with Gasteiger partial charge in [0.15, 0.2) is 5.13 Å². The fourth-order valence-electron chi connectivity index (χ4n) is 3.45. The Morgan fingerprint density at radius 2 is 2.25 bits per heavy atom. The molecule has 1 aromatic rings. The summed E-state index contributed by atoms with van der Waals surface area (Å²) in [5.74, 6) is 0. The average Bonchev–Trinajstić information content (AvgIpc) is 3.05. The molecule has 3 rings (SSSR count). The van der Waals surface area contributed by atoms with Crippen molar-refractivity contribution in [3.05, 3.63) is 10.6 Å². The van der Waals surface area contributed by atoms with Gasteiger partial charge in [0.2, 0.25) is 0 Å². The maximum atomic E-state index is 4.90. The van der Waals surface area contributed by atoms with Gasteiger partial charge in [0.1, 0.15) is 0 Å². The van der Waals surface area contributed by atoms with Crippen molar-refractivity contribution < 1.29 is 0 Å². The van der Waals surface area contributed by atoms with Crippen LogP contribution in [0.15, 0.2) is 0 Å². The van der Waals surface area contributed by atoms with Gasteiger partial charge in [-0.05, 0) is 52.7 Å². The van der Waals surface area contributed by atoms with E-state index in [0.717, 1.165) is 13.0 Å². The van der Waals surface area contributed by atoms with E-state index in [1.165, 1.54) is 47.9 Å². The van der Waals surface area contributed by atoms with Gasteiger partial charge < -0.3 is 15.1 Å². The number of thiazole rings is 1. The SMILES string of the molecule is CNC1CCCc2nc(N(C)CC3CCCN3C)sc21. The van der Waals surface area contributed by atoms with Crippen LogP contribution in [0.2, 0.25) is 0 Å². The first-order chi connectivity index (χ1) is 9.69. The van der Waals surface area contributed by atoms with E-state index in [1.54, 1.807) is 0 Å². The molecule has 2 unspecified atom stereocenters. The number of aryl methyl sites for hydroxylation is 1. The molecule has 2 aliphatic rings. The fourth-order valence-corrected chi connectivity index (χ4v) is 4.68. The second kappa shape index (κ2) is 6.00. The number of rotatable bonds is 4. The molecule has 1 aliphatic carbocycles. The highest BCUT2D eigenvalue weighted by Crippen LogP contribution is 2.37. The van der Waals surface area contributed by atoms with E-state index in [-0.39, 0.29) is 0 Å². The molecule has 20 heavy (non-hydrogen) atoms. The van der Waals surface area contributed by atoms with Crippen molar-refractivity contribution in [2.24, 2.45) is 0 Å². The molecule has 1 saturated heterocycles. The fraction of sp³-hybridized carbons (Fsp3) is 0.800. The molecule has 2 heterocycles. The predicted octanol–water partition coefficient (Wildman–Crippen LogP) is 2.27. The zero-order valence-electron chi connectivity index (χ0n) is 12.9. The molecule has 1 aromatic heterocycles. The summed E-state index contributed by atoms with van der Waals surface area (Å²) in [6.07, 6.45) is 6.33. The second-order valence-corrected chi connectivity index (χ2v) is 7.21. The number of anilines is 1. The first-order valence-electron chi connectivity index (χ1n) is 7.77. The Bertz CT molecular complexity index is 459. The number of fused-ring (bicyclic) bond motifs is 1. The summed E-state index contributed by atoms with van der Waals surface area (Å²) >= 11 is 1.89. The van der Waals surface area contributed by atoms with Gasteiger partial charge in [-0.3, -0.25) is 0 Å². The Morgan fingerprint density at radius 3 is 2.95 bits per heavy atom. The largest absolute Gasteiger partial charge is 0.350 e. The molecule has 5 heteroatoms. The van der Waals surface area contributed by atoms with Crippen LogP contribution in [0.25, 0.3) is 0 Å². The molecule has 1 fully saturated rings. The number of nitrogens with one attached hydrogen (secondary N) is 1. The monoisotopic (exact) mass is 294 g/mol. The van der Waals surface area contributed by atoms with Gasteiger partial charge in [0, 0.05) is 30.6 Å². The molecule has 0 aromatic carbocycles. The molecule has 0 spiro atoms. The molecule has 2 atom stereocenters. The van der Waals surface area contributed by atoms with Crippen LogP contribution in [0.1, 0.15) is 42.3 Å². The third kappa shape index (κ3) is 2.71. The van der Waals surface area contributed by atoms with Gasteiger partial charge in [-0.15, -0.1) is 0 Å². The predicted molar refractivity (Wildman–Crippen MR) is 85.8 cm³/mol. The van der Waals surface area contributed by atoms with Crippen molar-refractivity contribution in [2.75, 3.05) is 39.1 Å². The molecule has 112 valence electrons. The first kappa shape index (κ1) is 14.3. The second-order valence-electron chi connectivity index (χ2n) is 6.20. The number of nitrogens with zero attached hydrogens (tertiary/aromatic N) is 3. The average molecular weight is 294 g/mol. The molecule has 0 saturated carbocycles. The minimum atomic E-state index is 0.521. The van der Waals surface area contributed by atoms with Gasteiger partial charge in [-0.1, -0.05) is 11.3 Å². The summed E-state index contributed by atoms with van der Waals surface area (Å²) in [5.41, 5.74) is 1.34. The van der Waals surface area contributed by atoms with E-state index in [9.17, 15) is 0 Å². The van der Waals surface area contributed by atoms with E-state index in [2.05, 4.69) is 36.3 Å². The van der Waals surface area contributed by atoms with Crippen molar-refractivity contribution in [2.45, 2.75) is 44.2 Å². The molecule has 0 radical (unpaired) electrons. The molecule has 4 nitrogen and oxygen atoms in total. The molecule has 1 N–H and O–H groups in total.